The van der Waals surface area contributed by atoms with Crippen LogP contribution in [0.1, 0.15) is 24.1 Å². The van der Waals surface area contributed by atoms with Gasteiger partial charge in [-0.05, 0) is 56.5 Å². The lowest BCUT2D eigenvalue weighted by Crippen LogP contribution is -2.00. The maximum atomic E-state index is 6.28. The minimum absolute atomic E-state index is 0.651. The van der Waals surface area contributed by atoms with Crippen molar-refractivity contribution in [2.24, 2.45) is 5.73 Å². The molecule has 2 aromatic rings. The highest BCUT2D eigenvalue weighted by Crippen LogP contribution is 2.32. The molecule has 18 heavy (non-hydrogen) atoms. The number of nitrogens with two attached hydrogens (primary N) is 1. The van der Waals surface area contributed by atoms with Crippen LogP contribution in [-0.4, -0.2) is 11.5 Å². The molecule has 0 saturated heterocycles. The maximum Gasteiger partial charge on any atom is 0.0909 e. The molecule has 0 atom stereocenters. The number of hydrogen-bond acceptors (Lipinski definition) is 2. The third-order valence-electron chi connectivity index (χ3n) is 2.97. The minimum atomic E-state index is 0.651. The lowest BCUT2D eigenvalue weighted by Gasteiger charge is -2.10. The second-order valence-electron chi connectivity index (χ2n) is 4.42. The summed E-state index contributed by atoms with van der Waals surface area (Å²) in [5, 5.41) is 2.34. The molecule has 0 saturated carbocycles. The number of hydrogen-bond donors (Lipinski definition) is 1. The molecule has 0 aliphatic heterocycles. The van der Waals surface area contributed by atoms with Gasteiger partial charge in [-0.1, -0.05) is 23.2 Å². The van der Waals surface area contributed by atoms with E-state index in [1.165, 1.54) is 5.56 Å². The second-order valence-corrected chi connectivity index (χ2v) is 5.24. The Labute approximate surface area is 117 Å². The monoisotopic (exact) mass is 282 g/mol. The summed E-state index contributed by atoms with van der Waals surface area (Å²) in [6.45, 7) is 2.69. The number of unbranched alkanes of at least 4 members (excludes halogenated alkanes) is 1. The average molecular weight is 283 g/mol. The Hall–Kier alpha value is -0.830. The molecule has 0 fully saturated rings. The van der Waals surface area contributed by atoms with Gasteiger partial charge in [-0.3, -0.25) is 4.98 Å². The predicted molar refractivity (Wildman–Crippen MR) is 78.5 cm³/mol. The minimum Gasteiger partial charge on any atom is -0.330 e. The van der Waals surface area contributed by atoms with E-state index < -0.39 is 0 Å². The van der Waals surface area contributed by atoms with Crippen LogP contribution in [0.15, 0.2) is 18.2 Å². The number of halogens is 2. The lowest BCUT2D eigenvalue weighted by molar-refractivity contribution is 0.746. The molecule has 0 bridgehead atoms. The smallest absolute Gasteiger partial charge is 0.0909 e. The van der Waals surface area contributed by atoms with Crippen molar-refractivity contribution in [2.75, 3.05) is 6.54 Å². The first-order valence-corrected chi connectivity index (χ1v) is 6.83. The molecule has 1 heterocycles. The summed E-state index contributed by atoms with van der Waals surface area (Å²) >= 11 is 12.5. The fourth-order valence-corrected chi connectivity index (χ4v) is 2.62. The van der Waals surface area contributed by atoms with Crippen LogP contribution in [0.3, 0.4) is 0 Å². The highest BCUT2D eigenvalue weighted by Gasteiger charge is 2.10. The molecular formula is C14H16Cl2N2. The van der Waals surface area contributed by atoms with Gasteiger partial charge in [0.05, 0.1) is 15.6 Å². The standard InChI is InChI=1S/C14H16Cl2N2/c1-9-8-10(4-2-3-7-17)13-11(15)5-6-12(16)14(13)18-9/h5-6,8H,2-4,7,17H2,1H3. The summed E-state index contributed by atoms with van der Waals surface area (Å²) < 4.78 is 0. The molecule has 1 aromatic heterocycles. The van der Waals surface area contributed by atoms with Crippen LogP contribution in [0.4, 0.5) is 0 Å². The average Bonchev–Trinajstić information content (AvgIpc) is 2.34. The topological polar surface area (TPSA) is 38.9 Å². The van der Waals surface area contributed by atoms with E-state index >= 15 is 0 Å². The molecule has 0 aliphatic rings. The highest BCUT2D eigenvalue weighted by atomic mass is 35.5. The summed E-state index contributed by atoms with van der Waals surface area (Å²) in [7, 11) is 0. The van der Waals surface area contributed by atoms with Crippen molar-refractivity contribution in [3.63, 3.8) is 0 Å². The van der Waals surface area contributed by atoms with E-state index in [0.29, 0.717) is 10.0 Å². The fourth-order valence-electron chi connectivity index (χ4n) is 2.15. The van der Waals surface area contributed by atoms with Gasteiger partial charge in [0.15, 0.2) is 0 Å². The van der Waals surface area contributed by atoms with Gasteiger partial charge in [0, 0.05) is 11.1 Å². The molecule has 0 unspecified atom stereocenters. The number of aryl methyl sites for hydroxylation is 2. The molecule has 0 aliphatic carbocycles. The largest absolute Gasteiger partial charge is 0.330 e. The zero-order valence-corrected chi connectivity index (χ0v) is 11.9. The Balaban J connectivity index is 2.53. The van der Waals surface area contributed by atoms with Crippen molar-refractivity contribution in [1.82, 2.24) is 4.98 Å². The van der Waals surface area contributed by atoms with E-state index in [2.05, 4.69) is 11.1 Å². The number of rotatable bonds is 4. The number of benzene rings is 1. The second kappa shape index (κ2) is 5.87. The van der Waals surface area contributed by atoms with Crippen LogP contribution < -0.4 is 5.73 Å². The summed E-state index contributed by atoms with van der Waals surface area (Å²) in [5.74, 6) is 0. The summed E-state index contributed by atoms with van der Waals surface area (Å²) in [6, 6.07) is 5.71. The van der Waals surface area contributed by atoms with Crippen molar-refractivity contribution in [2.45, 2.75) is 26.2 Å². The quantitative estimate of drug-likeness (QED) is 0.857. The van der Waals surface area contributed by atoms with Crippen molar-refractivity contribution in [3.8, 4) is 0 Å². The first-order valence-electron chi connectivity index (χ1n) is 6.08. The van der Waals surface area contributed by atoms with Gasteiger partial charge in [-0.25, -0.2) is 0 Å². The number of fused-ring (bicyclic) bond motifs is 1. The van der Waals surface area contributed by atoms with Gasteiger partial charge in [-0.15, -0.1) is 0 Å². The molecule has 1 aromatic carbocycles. The SMILES string of the molecule is Cc1cc(CCCCN)c2c(Cl)ccc(Cl)c2n1. The molecule has 4 heteroatoms. The van der Waals surface area contributed by atoms with Crippen molar-refractivity contribution in [1.29, 1.82) is 0 Å². The van der Waals surface area contributed by atoms with E-state index in [1.54, 1.807) is 6.07 Å². The summed E-state index contributed by atoms with van der Waals surface area (Å²) in [5.41, 5.74) is 8.50. The van der Waals surface area contributed by atoms with E-state index in [-0.39, 0.29) is 0 Å². The van der Waals surface area contributed by atoms with Gasteiger partial charge >= 0.3 is 0 Å². The van der Waals surface area contributed by atoms with Gasteiger partial charge < -0.3 is 5.73 Å². The van der Waals surface area contributed by atoms with Crippen molar-refractivity contribution < 1.29 is 0 Å². The maximum absolute atomic E-state index is 6.28. The van der Waals surface area contributed by atoms with Gasteiger partial charge in [0.2, 0.25) is 0 Å². The van der Waals surface area contributed by atoms with Crippen LogP contribution >= 0.6 is 23.2 Å². The van der Waals surface area contributed by atoms with Gasteiger partial charge in [0.1, 0.15) is 0 Å². The Morgan fingerprint density at radius 3 is 2.61 bits per heavy atom. The zero-order chi connectivity index (χ0) is 13.1. The Morgan fingerprint density at radius 2 is 1.89 bits per heavy atom. The van der Waals surface area contributed by atoms with Gasteiger partial charge in [0.25, 0.3) is 0 Å². The third kappa shape index (κ3) is 2.77. The van der Waals surface area contributed by atoms with Crippen molar-refractivity contribution in [3.05, 3.63) is 39.5 Å². The van der Waals surface area contributed by atoms with E-state index in [9.17, 15) is 0 Å². The number of pyridine rings is 1. The molecular weight excluding hydrogens is 267 g/mol. The predicted octanol–water partition coefficient (Wildman–Crippen LogP) is 4.13. The van der Waals surface area contributed by atoms with Crippen LogP contribution in [0.2, 0.25) is 10.0 Å². The number of nitrogens with zero attached hydrogens (tertiary/aromatic N) is 1. The molecule has 0 radical (unpaired) electrons. The molecule has 2 rings (SSSR count). The van der Waals surface area contributed by atoms with Crippen LogP contribution in [0.5, 0.6) is 0 Å². The van der Waals surface area contributed by atoms with Crippen LogP contribution in [0.25, 0.3) is 10.9 Å². The van der Waals surface area contributed by atoms with Crippen molar-refractivity contribution >= 4 is 34.1 Å². The first kappa shape index (κ1) is 13.6. The van der Waals surface area contributed by atoms with Crippen LogP contribution in [0, 0.1) is 6.92 Å². The first-order chi connectivity index (χ1) is 8.63. The molecule has 2 nitrogen and oxygen atoms in total. The highest BCUT2D eigenvalue weighted by molar-refractivity contribution is 6.40. The Kier molecular flexibility index (Phi) is 4.44. The fraction of sp³-hybridized carbons (Fsp3) is 0.357. The summed E-state index contributed by atoms with van der Waals surface area (Å²) in [6.07, 6.45) is 3.02. The Morgan fingerprint density at radius 1 is 1.17 bits per heavy atom. The van der Waals surface area contributed by atoms with Gasteiger partial charge in [-0.2, -0.15) is 0 Å². The Bertz CT molecular complexity index is 567. The molecule has 96 valence electrons. The van der Waals surface area contributed by atoms with E-state index in [0.717, 1.165) is 42.4 Å². The summed E-state index contributed by atoms with van der Waals surface area (Å²) in [4.78, 5) is 4.48. The van der Waals surface area contributed by atoms with Crippen LogP contribution in [-0.2, 0) is 6.42 Å². The number of aromatic nitrogens is 1. The van der Waals surface area contributed by atoms with E-state index in [1.807, 2.05) is 13.0 Å². The molecule has 0 spiro atoms. The lowest BCUT2D eigenvalue weighted by atomic mass is 10.0. The third-order valence-corrected chi connectivity index (χ3v) is 3.59. The molecule has 2 N–H and O–H groups in total. The normalized spacial score (nSPS) is 11.1. The zero-order valence-electron chi connectivity index (χ0n) is 10.3. The van der Waals surface area contributed by atoms with E-state index in [4.69, 9.17) is 28.9 Å². The molecule has 0 amide bonds.